The molecule has 11 heteroatoms. The second-order valence-corrected chi connectivity index (χ2v) is 15.8. The van der Waals surface area contributed by atoms with Gasteiger partial charge in [0, 0.05) is 12.8 Å². The van der Waals surface area contributed by atoms with E-state index < -0.39 is 51.8 Å². The van der Waals surface area contributed by atoms with E-state index in [9.17, 15) is 24.2 Å². The number of hydrogen-bond acceptors (Lipinski definition) is 9. The number of phosphoric acid groups is 1. The second kappa shape index (κ2) is 38.0. The Labute approximate surface area is 317 Å². The van der Waals surface area contributed by atoms with Crippen molar-refractivity contribution in [1.82, 2.24) is 0 Å². The maximum absolute atomic E-state index is 12.6. The number of esters is 2. The zero-order chi connectivity index (χ0) is 38.4. The fourth-order valence-corrected chi connectivity index (χ4v) is 6.66. The first-order valence-electron chi connectivity index (χ1n) is 21.1. The van der Waals surface area contributed by atoms with Crippen LogP contribution in [0.3, 0.4) is 0 Å². The molecule has 308 valence electrons. The molecule has 0 saturated heterocycles. The van der Waals surface area contributed by atoms with E-state index in [0.717, 1.165) is 57.8 Å². The average Bonchev–Trinajstić information content (AvgIpc) is 3.13. The van der Waals surface area contributed by atoms with Crippen molar-refractivity contribution in [2.24, 2.45) is 0 Å². The number of aliphatic hydroxyl groups is 2. The van der Waals surface area contributed by atoms with Crippen molar-refractivity contribution < 1.29 is 47.8 Å². The molecule has 3 N–H and O–H groups in total. The van der Waals surface area contributed by atoms with Crippen molar-refractivity contribution in [2.45, 2.75) is 212 Å². The third-order valence-electron chi connectivity index (χ3n) is 9.17. The molecule has 0 aromatic carbocycles. The minimum Gasteiger partial charge on any atom is -0.462 e. The molecule has 0 fully saturated rings. The van der Waals surface area contributed by atoms with Gasteiger partial charge in [-0.25, -0.2) is 4.57 Å². The van der Waals surface area contributed by atoms with Crippen molar-refractivity contribution in [3.63, 3.8) is 0 Å². The van der Waals surface area contributed by atoms with Crippen molar-refractivity contribution in [3.05, 3.63) is 12.2 Å². The maximum Gasteiger partial charge on any atom is 0.472 e. The van der Waals surface area contributed by atoms with Gasteiger partial charge in [0.1, 0.15) is 12.7 Å². The van der Waals surface area contributed by atoms with Gasteiger partial charge in [-0.05, 0) is 38.5 Å². The minimum absolute atomic E-state index is 0.178. The van der Waals surface area contributed by atoms with E-state index in [2.05, 4.69) is 30.5 Å². The number of carbonyl (C=O) groups is 2. The van der Waals surface area contributed by atoms with Crippen molar-refractivity contribution in [1.29, 1.82) is 0 Å². The highest BCUT2D eigenvalue weighted by Crippen LogP contribution is 2.43. The molecular formula is C41H79O10P. The van der Waals surface area contributed by atoms with Gasteiger partial charge in [0.05, 0.1) is 19.8 Å². The van der Waals surface area contributed by atoms with Gasteiger partial charge in [-0.15, -0.1) is 0 Å². The molecule has 52 heavy (non-hydrogen) atoms. The van der Waals surface area contributed by atoms with Crippen LogP contribution < -0.4 is 0 Å². The fourth-order valence-electron chi connectivity index (χ4n) is 5.87. The summed E-state index contributed by atoms with van der Waals surface area (Å²) in [5, 5.41) is 18.3. The quantitative estimate of drug-likeness (QED) is 0.0238. The number of ether oxygens (including phenoxy) is 2. The topological polar surface area (TPSA) is 149 Å². The molecule has 3 atom stereocenters. The molecular weight excluding hydrogens is 683 g/mol. The zero-order valence-corrected chi connectivity index (χ0v) is 34.2. The van der Waals surface area contributed by atoms with Crippen molar-refractivity contribution in [3.8, 4) is 0 Å². The summed E-state index contributed by atoms with van der Waals surface area (Å²) in [7, 11) is -4.61. The minimum atomic E-state index is -4.61. The van der Waals surface area contributed by atoms with Crippen LogP contribution in [0.4, 0.5) is 0 Å². The average molecular weight is 763 g/mol. The third kappa shape index (κ3) is 37.0. The Bertz CT molecular complexity index is 884. The summed E-state index contributed by atoms with van der Waals surface area (Å²) >= 11 is 0. The van der Waals surface area contributed by atoms with Gasteiger partial charge < -0.3 is 24.6 Å². The second-order valence-electron chi connectivity index (χ2n) is 14.4. The summed E-state index contributed by atoms with van der Waals surface area (Å²) in [5.41, 5.74) is 0. The van der Waals surface area contributed by atoms with E-state index in [0.29, 0.717) is 12.8 Å². The highest BCUT2D eigenvalue weighted by molar-refractivity contribution is 7.47. The summed E-state index contributed by atoms with van der Waals surface area (Å²) < 4.78 is 32.6. The van der Waals surface area contributed by atoms with Gasteiger partial charge in [-0.3, -0.25) is 18.6 Å². The molecule has 10 nitrogen and oxygen atoms in total. The van der Waals surface area contributed by atoms with Gasteiger partial charge in [-0.1, -0.05) is 161 Å². The first-order valence-corrected chi connectivity index (χ1v) is 22.6. The SMILES string of the molecule is CCCCC/C=C\CCCCCCCC(=O)OC(COC(=O)CCCCCCCCCCCCCCCCCCC)COP(=O)(O)OCC(O)CO. The van der Waals surface area contributed by atoms with Crippen LogP contribution in [0.5, 0.6) is 0 Å². The largest absolute Gasteiger partial charge is 0.472 e. The number of phosphoric ester groups is 1. The normalized spacial score (nSPS) is 14.0. The first-order chi connectivity index (χ1) is 25.2. The van der Waals surface area contributed by atoms with E-state index in [4.69, 9.17) is 19.1 Å². The Balaban J connectivity index is 4.25. The molecule has 0 heterocycles. The van der Waals surface area contributed by atoms with E-state index >= 15 is 0 Å². The van der Waals surface area contributed by atoms with E-state index in [1.807, 2.05) is 0 Å². The van der Waals surface area contributed by atoms with Crippen molar-refractivity contribution in [2.75, 3.05) is 26.4 Å². The molecule has 0 amide bonds. The van der Waals surface area contributed by atoms with Gasteiger partial charge in [0.2, 0.25) is 0 Å². The Kier molecular flexibility index (Phi) is 37.1. The van der Waals surface area contributed by atoms with Crippen LogP contribution in [-0.2, 0) is 32.7 Å². The predicted octanol–water partition coefficient (Wildman–Crippen LogP) is 10.8. The molecule has 0 spiro atoms. The first kappa shape index (κ1) is 50.7. The number of allylic oxidation sites excluding steroid dienone is 2. The highest BCUT2D eigenvalue weighted by atomic mass is 31.2. The smallest absolute Gasteiger partial charge is 0.462 e. The maximum atomic E-state index is 12.6. The van der Waals surface area contributed by atoms with Crippen LogP contribution in [0.15, 0.2) is 12.2 Å². The molecule has 0 bridgehead atoms. The predicted molar refractivity (Wildman–Crippen MR) is 210 cm³/mol. The van der Waals surface area contributed by atoms with Crippen LogP contribution >= 0.6 is 7.82 Å². The standard InChI is InChI=1S/C41H79O10P/c1-3-5-7-9-11-13-15-17-18-19-20-21-23-24-26-28-30-32-40(44)48-36-39(37-50-52(46,47)49-35-38(43)34-42)51-41(45)33-31-29-27-25-22-16-14-12-10-8-6-4-2/h12,14,38-39,42-43H,3-11,13,15-37H2,1-2H3,(H,46,47)/b14-12-. The summed E-state index contributed by atoms with van der Waals surface area (Å²) in [4.78, 5) is 34.9. The summed E-state index contributed by atoms with van der Waals surface area (Å²) in [6.07, 6.45) is 34.6. The molecule has 0 radical (unpaired) electrons. The van der Waals surface area contributed by atoms with Gasteiger partial charge in [-0.2, -0.15) is 0 Å². The van der Waals surface area contributed by atoms with Crippen LogP contribution in [0.1, 0.15) is 200 Å². The number of aliphatic hydroxyl groups excluding tert-OH is 2. The number of carbonyl (C=O) groups excluding carboxylic acids is 2. The highest BCUT2D eigenvalue weighted by Gasteiger charge is 2.27. The molecule has 0 rings (SSSR count). The Morgan fingerprint density at radius 3 is 1.42 bits per heavy atom. The van der Waals surface area contributed by atoms with E-state index in [-0.39, 0.29) is 19.4 Å². The fraction of sp³-hybridized carbons (Fsp3) is 0.902. The third-order valence-corrected chi connectivity index (χ3v) is 10.1. The lowest BCUT2D eigenvalue weighted by atomic mass is 10.0. The molecule has 0 saturated carbocycles. The van der Waals surface area contributed by atoms with Crippen LogP contribution in [0.25, 0.3) is 0 Å². The molecule has 0 aliphatic heterocycles. The van der Waals surface area contributed by atoms with Gasteiger partial charge >= 0.3 is 19.8 Å². The lowest BCUT2D eigenvalue weighted by molar-refractivity contribution is -0.161. The van der Waals surface area contributed by atoms with Crippen molar-refractivity contribution >= 4 is 19.8 Å². The van der Waals surface area contributed by atoms with Crippen LogP contribution in [0.2, 0.25) is 0 Å². The monoisotopic (exact) mass is 763 g/mol. The van der Waals surface area contributed by atoms with Crippen LogP contribution in [-0.4, -0.2) is 65.7 Å². The summed E-state index contributed by atoms with van der Waals surface area (Å²) in [6.45, 7) is 2.36. The Morgan fingerprint density at radius 2 is 0.942 bits per heavy atom. The van der Waals surface area contributed by atoms with E-state index in [1.165, 1.54) is 103 Å². The molecule has 0 aliphatic rings. The zero-order valence-electron chi connectivity index (χ0n) is 33.3. The number of rotatable bonds is 40. The Morgan fingerprint density at radius 1 is 0.558 bits per heavy atom. The van der Waals surface area contributed by atoms with E-state index in [1.54, 1.807) is 0 Å². The lowest BCUT2D eigenvalue weighted by Crippen LogP contribution is -2.29. The summed E-state index contributed by atoms with van der Waals surface area (Å²) in [5.74, 6) is -0.926. The van der Waals surface area contributed by atoms with Crippen LogP contribution in [0, 0.1) is 0 Å². The lowest BCUT2D eigenvalue weighted by Gasteiger charge is -2.20. The number of unbranched alkanes of at least 4 members (excludes halogenated alkanes) is 24. The molecule has 0 aromatic rings. The van der Waals surface area contributed by atoms with Gasteiger partial charge in [0.15, 0.2) is 6.10 Å². The summed E-state index contributed by atoms with van der Waals surface area (Å²) in [6, 6.07) is 0. The molecule has 3 unspecified atom stereocenters. The van der Waals surface area contributed by atoms with Gasteiger partial charge in [0.25, 0.3) is 0 Å². The number of hydrogen-bond donors (Lipinski definition) is 3. The molecule has 0 aliphatic carbocycles. The molecule has 0 aromatic heterocycles. The Hall–Kier alpha value is -1.29.